The smallest absolute Gasteiger partial charge is 0.258 e. The number of nitrogens with zero attached hydrogens (tertiary/aromatic N) is 1. The van der Waals surface area contributed by atoms with Crippen LogP contribution in [0.1, 0.15) is 11.1 Å². The van der Waals surface area contributed by atoms with E-state index in [4.69, 9.17) is 0 Å². The summed E-state index contributed by atoms with van der Waals surface area (Å²) in [6.45, 7) is 0. The van der Waals surface area contributed by atoms with Crippen LogP contribution in [0.3, 0.4) is 0 Å². The van der Waals surface area contributed by atoms with Gasteiger partial charge in [-0.3, -0.25) is 10.1 Å². The Bertz CT molecular complexity index is 832. The SMILES string of the molecule is O=[N+]([O-])c1cccc(/C=C/c2cccc3ccccc23)c1. The van der Waals surface area contributed by atoms with Crippen LogP contribution in [0, 0.1) is 10.1 Å². The second-order valence-electron chi connectivity index (χ2n) is 4.75. The molecule has 0 spiro atoms. The molecule has 0 atom stereocenters. The van der Waals surface area contributed by atoms with Gasteiger partial charge in [-0.25, -0.2) is 0 Å². The molecule has 0 N–H and O–H groups in total. The first-order chi connectivity index (χ1) is 10.2. The molecular weight excluding hydrogens is 262 g/mol. The van der Waals surface area contributed by atoms with Crippen molar-refractivity contribution in [3.8, 4) is 0 Å². The van der Waals surface area contributed by atoms with Crippen molar-refractivity contribution in [3.05, 3.63) is 88.0 Å². The van der Waals surface area contributed by atoms with Gasteiger partial charge in [0.15, 0.2) is 0 Å². The van der Waals surface area contributed by atoms with Gasteiger partial charge in [0.25, 0.3) is 5.69 Å². The van der Waals surface area contributed by atoms with Gasteiger partial charge in [-0.05, 0) is 21.9 Å². The van der Waals surface area contributed by atoms with E-state index in [2.05, 4.69) is 18.2 Å². The Hall–Kier alpha value is -2.94. The molecule has 3 aromatic rings. The van der Waals surface area contributed by atoms with Crippen LogP contribution in [0.4, 0.5) is 5.69 Å². The highest BCUT2D eigenvalue weighted by molar-refractivity contribution is 5.92. The molecule has 102 valence electrons. The summed E-state index contributed by atoms with van der Waals surface area (Å²) in [6, 6.07) is 20.9. The summed E-state index contributed by atoms with van der Waals surface area (Å²) in [5.41, 5.74) is 2.02. The van der Waals surface area contributed by atoms with Crippen LogP contribution in [0.2, 0.25) is 0 Å². The quantitative estimate of drug-likeness (QED) is 0.387. The first-order valence-electron chi connectivity index (χ1n) is 6.64. The molecule has 0 fully saturated rings. The molecule has 21 heavy (non-hydrogen) atoms. The molecule has 3 nitrogen and oxygen atoms in total. The highest BCUT2D eigenvalue weighted by Gasteiger charge is 2.03. The minimum Gasteiger partial charge on any atom is -0.258 e. The van der Waals surface area contributed by atoms with E-state index in [1.54, 1.807) is 12.1 Å². The molecule has 3 rings (SSSR count). The summed E-state index contributed by atoms with van der Waals surface area (Å²) in [7, 11) is 0. The van der Waals surface area contributed by atoms with E-state index in [9.17, 15) is 10.1 Å². The Morgan fingerprint density at radius 1 is 0.857 bits per heavy atom. The van der Waals surface area contributed by atoms with Crippen molar-refractivity contribution < 1.29 is 4.92 Å². The van der Waals surface area contributed by atoms with Crippen molar-refractivity contribution in [2.75, 3.05) is 0 Å². The Morgan fingerprint density at radius 2 is 1.62 bits per heavy atom. The van der Waals surface area contributed by atoms with Gasteiger partial charge in [0, 0.05) is 12.1 Å². The molecule has 0 saturated carbocycles. The van der Waals surface area contributed by atoms with E-state index in [1.807, 2.05) is 42.5 Å². The van der Waals surface area contributed by atoms with Gasteiger partial charge in [0.2, 0.25) is 0 Å². The van der Waals surface area contributed by atoms with Crippen molar-refractivity contribution in [1.82, 2.24) is 0 Å². The van der Waals surface area contributed by atoms with Crippen molar-refractivity contribution in [1.29, 1.82) is 0 Å². The van der Waals surface area contributed by atoms with Crippen LogP contribution in [0.5, 0.6) is 0 Å². The molecule has 3 aromatic carbocycles. The molecule has 0 radical (unpaired) electrons. The Balaban J connectivity index is 1.98. The summed E-state index contributed by atoms with van der Waals surface area (Å²) in [4.78, 5) is 10.4. The first-order valence-corrected chi connectivity index (χ1v) is 6.64. The van der Waals surface area contributed by atoms with Gasteiger partial charge >= 0.3 is 0 Å². The molecule has 3 heteroatoms. The second kappa shape index (κ2) is 5.59. The zero-order chi connectivity index (χ0) is 14.7. The average Bonchev–Trinajstić information content (AvgIpc) is 2.53. The summed E-state index contributed by atoms with van der Waals surface area (Å²) in [5.74, 6) is 0. The summed E-state index contributed by atoms with van der Waals surface area (Å²) < 4.78 is 0. The molecule has 0 aliphatic heterocycles. The lowest BCUT2D eigenvalue weighted by Crippen LogP contribution is -1.87. The third-order valence-corrected chi connectivity index (χ3v) is 3.36. The lowest BCUT2D eigenvalue weighted by Gasteiger charge is -2.01. The Kier molecular flexibility index (Phi) is 3.48. The second-order valence-corrected chi connectivity index (χ2v) is 4.75. The molecule has 0 aromatic heterocycles. The molecule has 0 heterocycles. The number of hydrogen-bond donors (Lipinski definition) is 0. The molecular formula is C18H13NO2. The fraction of sp³-hybridized carbons (Fsp3) is 0. The summed E-state index contributed by atoms with van der Waals surface area (Å²) >= 11 is 0. The fourth-order valence-electron chi connectivity index (χ4n) is 2.32. The van der Waals surface area contributed by atoms with Gasteiger partial charge in [-0.15, -0.1) is 0 Å². The monoisotopic (exact) mass is 275 g/mol. The minimum absolute atomic E-state index is 0.107. The van der Waals surface area contributed by atoms with E-state index < -0.39 is 0 Å². The van der Waals surface area contributed by atoms with Gasteiger partial charge in [0.1, 0.15) is 0 Å². The number of fused-ring (bicyclic) bond motifs is 1. The van der Waals surface area contributed by atoms with Crippen molar-refractivity contribution in [2.24, 2.45) is 0 Å². The zero-order valence-corrected chi connectivity index (χ0v) is 11.3. The molecule has 0 saturated heterocycles. The van der Waals surface area contributed by atoms with Gasteiger partial charge in [-0.1, -0.05) is 66.7 Å². The van der Waals surface area contributed by atoms with Gasteiger partial charge < -0.3 is 0 Å². The predicted octanol–water partition coefficient (Wildman–Crippen LogP) is 4.92. The first kappa shape index (κ1) is 13.1. The maximum atomic E-state index is 10.8. The lowest BCUT2D eigenvalue weighted by molar-refractivity contribution is -0.384. The largest absolute Gasteiger partial charge is 0.270 e. The van der Waals surface area contributed by atoms with Crippen molar-refractivity contribution >= 4 is 28.6 Å². The standard InChI is InChI=1S/C18H13NO2/c20-19(21)17-9-3-5-14(13-17)11-12-16-8-4-7-15-6-1-2-10-18(15)16/h1-13H/b12-11+. The van der Waals surface area contributed by atoms with Crippen LogP contribution in [0.25, 0.3) is 22.9 Å². The van der Waals surface area contributed by atoms with Crippen LogP contribution < -0.4 is 0 Å². The van der Waals surface area contributed by atoms with E-state index >= 15 is 0 Å². The third-order valence-electron chi connectivity index (χ3n) is 3.36. The summed E-state index contributed by atoms with van der Waals surface area (Å²) in [6.07, 6.45) is 3.89. The fourth-order valence-corrected chi connectivity index (χ4v) is 2.32. The molecule has 0 amide bonds. The average molecular weight is 275 g/mol. The van der Waals surface area contributed by atoms with Crippen LogP contribution in [-0.4, -0.2) is 4.92 Å². The van der Waals surface area contributed by atoms with Crippen LogP contribution in [0.15, 0.2) is 66.7 Å². The number of nitro benzene ring substituents is 1. The number of non-ortho nitro benzene ring substituents is 1. The minimum atomic E-state index is -0.380. The molecule has 0 unspecified atom stereocenters. The Morgan fingerprint density at radius 3 is 2.48 bits per heavy atom. The topological polar surface area (TPSA) is 43.1 Å². The lowest BCUT2D eigenvalue weighted by atomic mass is 10.0. The molecule has 0 bridgehead atoms. The zero-order valence-electron chi connectivity index (χ0n) is 11.3. The number of hydrogen-bond acceptors (Lipinski definition) is 2. The van der Waals surface area contributed by atoms with E-state index in [-0.39, 0.29) is 10.6 Å². The van der Waals surface area contributed by atoms with Crippen molar-refractivity contribution in [3.63, 3.8) is 0 Å². The third kappa shape index (κ3) is 2.82. The van der Waals surface area contributed by atoms with E-state index in [0.717, 1.165) is 11.1 Å². The van der Waals surface area contributed by atoms with Gasteiger partial charge in [0.05, 0.1) is 4.92 Å². The van der Waals surface area contributed by atoms with Crippen molar-refractivity contribution in [2.45, 2.75) is 0 Å². The molecule has 0 aliphatic carbocycles. The number of benzene rings is 3. The highest BCUT2D eigenvalue weighted by atomic mass is 16.6. The predicted molar refractivity (Wildman–Crippen MR) is 86.0 cm³/mol. The van der Waals surface area contributed by atoms with Gasteiger partial charge in [-0.2, -0.15) is 0 Å². The molecule has 0 aliphatic rings. The van der Waals surface area contributed by atoms with E-state index in [0.29, 0.717) is 0 Å². The van der Waals surface area contributed by atoms with Crippen LogP contribution >= 0.6 is 0 Å². The highest BCUT2D eigenvalue weighted by Crippen LogP contribution is 2.21. The maximum absolute atomic E-state index is 10.8. The summed E-state index contributed by atoms with van der Waals surface area (Å²) in [5, 5.41) is 13.1. The normalized spacial score (nSPS) is 11.0. The van der Waals surface area contributed by atoms with Crippen LogP contribution in [-0.2, 0) is 0 Å². The maximum Gasteiger partial charge on any atom is 0.270 e. The number of rotatable bonds is 3. The van der Waals surface area contributed by atoms with E-state index in [1.165, 1.54) is 16.8 Å². The Labute approximate surface area is 122 Å². The number of nitro groups is 1.